The van der Waals surface area contributed by atoms with Crippen molar-refractivity contribution < 1.29 is 13.2 Å². The molecule has 0 amide bonds. The van der Waals surface area contributed by atoms with E-state index in [4.69, 9.17) is 0 Å². The van der Waals surface area contributed by atoms with E-state index >= 15 is 0 Å². The van der Waals surface area contributed by atoms with Crippen LogP contribution < -0.4 is 5.56 Å². The van der Waals surface area contributed by atoms with E-state index in [9.17, 15) is 18.0 Å². The smallest absolute Gasteiger partial charge is 0.329 e. The van der Waals surface area contributed by atoms with Gasteiger partial charge >= 0.3 is 6.18 Å². The second-order valence-corrected chi connectivity index (χ2v) is 5.68. The van der Waals surface area contributed by atoms with Crippen LogP contribution in [0.5, 0.6) is 0 Å². The van der Waals surface area contributed by atoms with Gasteiger partial charge in [0.05, 0.1) is 10.9 Å². The molecule has 4 nitrogen and oxygen atoms in total. The lowest BCUT2D eigenvalue weighted by atomic mass is 10.1. The molecule has 0 unspecified atom stereocenters. The van der Waals surface area contributed by atoms with Gasteiger partial charge in [0, 0.05) is 17.8 Å². The number of alkyl halides is 3. The number of rotatable bonds is 2. The standard InChI is InChI=1S/C16H12F3N3O/c17-16(18,19)10-3-1-9(2-4-10)13-20-14-12(15(23)21-13)7-8-22(14)11-5-6-11/h1-4,7-8,11H,5-6H2,(H,20,21,23). The van der Waals surface area contributed by atoms with Gasteiger partial charge in [-0.15, -0.1) is 0 Å². The van der Waals surface area contributed by atoms with Gasteiger partial charge in [0.15, 0.2) is 0 Å². The summed E-state index contributed by atoms with van der Waals surface area (Å²) in [4.78, 5) is 19.2. The van der Waals surface area contributed by atoms with Crippen molar-refractivity contribution in [1.29, 1.82) is 0 Å². The quantitative estimate of drug-likeness (QED) is 0.782. The van der Waals surface area contributed by atoms with Crippen molar-refractivity contribution in [2.75, 3.05) is 0 Å². The normalized spacial score (nSPS) is 15.3. The number of halogens is 3. The van der Waals surface area contributed by atoms with Crippen LogP contribution in [0.15, 0.2) is 41.3 Å². The Labute approximate surface area is 128 Å². The number of benzene rings is 1. The van der Waals surface area contributed by atoms with Crippen LogP contribution in [-0.4, -0.2) is 14.5 Å². The number of H-pyrrole nitrogens is 1. The Kier molecular flexibility index (Phi) is 2.88. The average Bonchev–Trinajstić information content (AvgIpc) is 3.26. The van der Waals surface area contributed by atoms with Crippen molar-refractivity contribution in [1.82, 2.24) is 14.5 Å². The number of aromatic amines is 1. The van der Waals surface area contributed by atoms with Crippen molar-refractivity contribution >= 4 is 11.0 Å². The van der Waals surface area contributed by atoms with Gasteiger partial charge in [0.2, 0.25) is 0 Å². The average molecular weight is 319 g/mol. The molecule has 1 aromatic carbocycles. The molecule has 1 N–H and O–H groups in total. The van der Waals surface area contributed by atoms with Gasteiger partial charge < -0.3 is 9.55 Å². The molecule has 1 aliphatic rings. The number of hydrogen-bond donors (Lipinski definition) is 1. The first kappa shape index (κ1) is 14.0. The lowest BCUT2D eigenvalue weighted by molar-refractivity contribution is -0.137. The van der Waals surface area contributed by atoms with Crippen LogP contribution in [0, 0.1) is 0 Å². The van der Waals surface area contributed by atoms with Crippen LogP contribution in [0.1, 0.15) is 24.4 Å². The fourth-order valence-electron chi connectivity index (χ4n) is 2.64. The molecule has 23 heavy (non-hydrogen) atoms. The van der Waals surface area contributed by atoms with Gasteiger partial charge in [0.1, 0.15) is 11.5 Å². The maximum absolute atomic E-state index is 12.6. The summed E-state index contributed by atoms with van der Waals surface area (Å²) in [6, 6.07) is 6.69. The van der Waals surface area contributed by atoms with Gasteiger partial charge in [-0.05, 0) is 31.0 Å². The Morgan fingerprint density at radius 2 is 1.83 bits per heavy atom. The molecular formula is C16H12F3N3O. The predicted octanol–water partition coefficient (Wildman–Crippen LogP) is 3.75. The highest BCUT2D eigenvalue weighted by atomic mass is 19.4. The molecule has 4 rings (SSSR count). The van der Waals surface area contributed by atoms with E-state index in [1.54, 1.807) is 6.07 Å². The molecular weight excluding hydrogens is 307 g/mol. The second kappa shape index (κ2) is 4.71. The van der Waals surface area contributed by atoms with Crippen molar-refractivity contribution in [2.45, 2.75) is 25.1 Å². The minimum atomic E-state index is -4.38. The zero-order chi connectivity index (χ0) is 16.2. The Morgan fingerprint density at radius 3 is 2.43 bits per heavy atom. The van der Waals surface area contributed by atoms with Crippen LogP contribution in [0.3, 0.4) is 0 Å². The minimum Gasteiger partial charge on any atom is -0.329 e. The topological polar surface area (TPSA) is 50.7 Å². The van der Waals surface area contributed by atoms with E-state index in [1.165, 1.54) is 12.1 Å². The Hall–Kier alpha value is -2.57. The largest absolute Gasteiger partial charge is 0.416 e. The predicted molar refractivity (Wildman–Crippen MR) is 79.1 cm³/mol. The molecule has 2 heterocycles. The summed E-state index contributed by atoms with van der Waals surface area (Å²) in [5.74, 6) is 0.275. The maximum atomic E-state index is 12.6. The monoisotopic (exact) mass is 319 g/mol. The van der Waals surface area contributed by atoms with Gasteiger partial charge in [-0.25, -0.2) is 4.98 Å². The van der Waals surface area contributed by atoms with Crippen LogP contribution in [0.2, 0.25) is 0 Å². The van der Waals surface area contributed by atoms with E-state index in [0.29, 0.717) is 22.6 Å². The van der Waals surface area contributed by atoms with Gasteiger partial charge in [0.25, 0.3) is 5.56 Å². The van der Waals surface area contributed by atoms with Crippen molar-refractivity contribution in [3.05, 3.63) is 52.4 Å². The molecule has 0 bridgehead atoms. The highest BCUT2D eigenvalue weighted by Gasteiger charge is 2.30. The summed E-state index contributed by atoms with van der Waals surface area (Å²) in [5.41, 5.74) is 0.00187. The van der Waals surface area contributed by atoms with E-state index in [-0.39, 0.29) is 11.4 Å². The third kappa shape index (κ3) is 2.42. The van der Waals surface area contributed by atoms with Gasteiger partial charge in [-0.2, -0.15) is 13.2 Å². The first-order chi connectivity index (χ1) is 10.9. The number of nitrogens with zero attached hydrogens (tertiary/aromatic N) is 2. The summed E-state index contributed by atoms with van der Waals surface area (Å²) < 4.78 is 39.8. The molecule has 0 radical (unpaired) electrons. The number of hydrogen-bond acceptors (Lipinski definition) is 2. The zero-order valence-electron chi connectivity index (χ0n) is 11.9. The summed E-state index contributed by atoms with van der Waals surface area (Å²) in [5, 5.41) is 0.493. The maximum Gasteiger partial charge on any atom is 0.416 e. The van der Waals surface area contributed by atoms with Crippen LogP contribution in [-0.2, 0) is 6.18 Å². The summed E-state index contributed by atoms with van der Waals surface area (Å²) in [7, 11) is 0. The molecule has 118 valence electrons. The lowest BCUT2D eigenvalue weighted by Gasteiger charge is -2.08. The van der Waals surface area contributed by atoms with Gasteiger partial charge in [-0.1, -0.05) is 12.1 Å². The highest BCUT2D eigenvalue weighted by molar-refractivity contribution is 5.77. The summed E-state index contributed by atoms with van der Waals surface area (Å²) >= 11 is 0. The van der Waals surface area contributed by atoms with E-state index in [2.05, 4.69) is 9.97 Å². The van der Waals surface area contributed by atoms with Crippen LogP contribution in [0.4, 0.5) is 13.2 Å². The van der Waals surface area contributed by atoms with E-state index < -0.39 is 11.7 Å². The Bertz CT molecular complexity index is 934. The van der Waals surface area contributed by atoms with Crippen molar-refractivity contribution in [2.24, 2.45) is 0 Å². The number of aromatic nitrogens is 3. The molecule has 0 aliphatic heterocycles. The molecule has 0 atom stereocenters. The molecule has 3 aromatic rings. The van der Waals surface area contributed by atoms with Crippen LogP contribution >= 0.6 is 0 Å². The summed E-state index contributed by atoms with van der Waals surface area (Å²) in [6.45, 7) is 0. The summed E-state index contributed by atoms with van der Waals surface area (Å²) in [6.07, 6.45) is -0.452. The lowest BCUT2D eigenvalue weighted by Crippen LogP contribution is -2.10. The first-order valence-electron chi connectivity index (χ1n) is 7.22. The van der Waals surface area contributed by atoms with Crippen LogP contribution in [0.25, 0.3) is 22.4 Å². The van der Waals surface area contributed by atoms with E-state index in [0.717, 1.165) is 25.0 Å². The first-order valence-corrected chi connectivity index (χ1v) is 7.22. The SMILES string of the molecule is O=c1[nH]c(-c2ccc(C(F)(F)F)cc2)nc2c1ccn2C1CC1. The molecule has 0 spiro atoms. The fraction of sp³-hybridized carbons (Fsp3) is 0.250. The molecule has 2 aromatic heterocycles. The second-order valence-electron chi connectivity index (χ2n) is 5.68. The molecule has 7 heteroatoms. The molecule has 1 aliphatic carbocycles. The van der Waals surface area contributed by atoms with Crippen molar-refractivity contribution in [3.8, 4) is 11.4 Å². The Balaban J connectivity index is 1.82. The Morgan fingerprint density at radius 1 is 1.13 bits per heavy atom. The number of fused-ring (bicyclic) bond motifs is 1. The third-order valence-corrected chi connectivity index (χ3v) is 4.01. The minimum absolute atomic E-state index is 0.275. The third-order valence-electron chi connectivity index (χ3n) is 4.01. The number of nitrogens with one attached hydrogen (secondary N) is 1. The van der Waals surface area contributed by atoms with E-state index in [1.807, 2.05) is 10.8 Å². The van der Waals surface area contributed by atoms with Gasteiger partial charge in [-0.3, -0.25) is 4.79 Å². The highest BCUT2D eigenvalue weighted by Crippen LogP contribution is 2.37. The molecule has 1 fully saturated rings. The fourth-order valence-corrected chi connectivity index (χ4v) is 2.64. The molecule has 1 saturated carbocycles. The zero-order valence-corrected chi connectivity index (χ0v) is 11.9. The molecule has 0 saturated heterocycles. The van der Waals surface area contributed by atoms with Crippen molar-refractivity contribution in [3.63, 3.8) is 0 Å².